The Bertz CT molecular complexity index is 1230. The second kappa shape index (κ2) is 9.53. The molecule has 1 aromatic carbocycles. The molecule has 4 atom stereocenters. The van der Waals surface area contributed by atoms with E-state index in [0.717, 1.165) is 12.0 Å². The second-order valence-corrected chi connectivity index (χ2v) is 8.50. The summed E-state index contributed by atoms with van der Waals surface area (Å²) in [5, 5.41) is 15.5. The number of hydrogen-bond acceptors (Lipinski definition) is 7. The second-order valence-electron chi connectivity index (χ2n) is 8.50. The van der Waals surface area contributed by atoms with Gasteiger partial charge in [-0.3, -0.25) is 9.78 Å². The molecule has 2 N–H and O–H groups in total. The minimum absolute atomic E-state index is 0.0947. The number of pyridine rings is 1. The van der Waals surface area contributed by atoms with E-state index in [-0.39, 0.29) is 24.3 Å². The average molecular weight is 458 g/mol. The van der Waals surface area contributed by atoms with Crippen molar-refractivity contribution in [3.05, 3.63) is 66.2 Å². The van der Waals surface area contributed by atoms with Crippen LogP contribution in [0.4, 0.5) is 10.2 Å². The first kappa shape index (κ1) is 21.9. The molecule has 172 valence electrons. The number of amides is 1. The van der Waals surface area contributed by atoms with E-state index in [4.69, 9.17) is 4.74 Å². The average Bonchev–Trinajstić information content (AvgIpc) is 3.68. The zero-order valence-electron chi connectivity index (χ0n) is 18.3. The van der Waals surface area contributed by atoms with Crippen LogP contribution in [0.5, 0.6) is 5.75 Å². The molecule has 2 aliphatic rings. The summed E-state index contributed by atoms with van der Waals surface area (Å²) in [6.45, 7) is 0.911. The molecule has 1 amide bonds. The fourth-order valence-corrected chi connectivity index (χ4v) is 4.22. The summed E-state index contributed by atoms with van der Waals surface area (Å²) in [5.41, 5.74) is 2.58. The number of nitriles is 1. The largest absolute Gasteiger partial charge is 0.486 e. The normalized spacial score (nSPS) is 23.5. The molecule has 1 saturated heterocycles. The molecule has 34 heavy (non-hydrogen) atoms. The minimum atomic E-state index is -1.13. The van der Waals surface area contributed by atoms with Crippen molar-refractivity contribution in [1.29, 1.82) is 5.26 Å². The number of ether oxygens (including phenoxy) is 1. The summed E-state index contributed by atoms with van der Waals surface area (Å²) < 4.78 is 19.9. The fraction of sp³-hybridized carbons (Fsp3) is 0.320. The lowest BCUT2D eigenvalue weighted by Gasteiger charge is -2.27. The molecule has 0 radical (unpaired) electrons. The quantitative estimate of drug-likeness (QED) is 0.583. The van der Waals surface area contributed by atoms with E-state index in [1.807, 2.05) is 12.1 Å². The Morgan fingerprint density at radius 1 is 1.26 bits per heavy atom. The number of anilines is 1. The summed E-state index contributed by atoms with van der Waals surface area (Å²) >= 11 is 0. The van der Waals surface area contributed by atoms with E-state index in [1.54, 1.807) is 36.7 Å². The van der Waals surface area contributed by atoms with Gasteiger partial charge in [-0.1, -0.05) is 6.07 Å². The predicted octanol–water partition coefficient (Wildman–Crippen LogP) is 3.23. The first-order chi connectivity index (χ1) is 16.6. The van der Waals surface area contributed by atoms with Crippen LogP contribution < -0.4 is 15.4 Å². The highest BCUT2D eigenvalue weighted by Gasteiger charge is 2.44. The third kappa shape index (κ3) is 4.72. The first-order valence-electron chi connectivity index (χ1n) is 11.2. The van der Waals surface area contributed by atoms with E-state index >= 15 is 0 Å². The summed E-state index contributed by atoms with van der Waals surface area (Å²) in [6.07, 6.45) is 4.47. The van der Waals surface area contributed by atoms with Crippen molar-refractivity contribution in [2.45, 2.75) is 31.0 Å². The maximum absolute atomic E-state index is 14.1. The molecule has 2 unspecified atom stereocenters. The van der Waals surface area contributed by atoms with Gasteiger partial charge < -0.3 is 15.4 Å². The van der Waals surface area contributed by atoms with Gasteiger partial charge in [0.05, 0.1) is 11.3 Å². The van der Waals surface area contributed by atoms with Crippen molar-refractivity contribution in [2.75, 3.05) is 18.4 Å². The highest BCUT2D eigenvalue weighted by Crippen LogP contribution is 2.47. The minimum Gasteiger partial charge on any atom is -0.486 e. The van der Waals surface area contributed by atoms with Crippen LogP contribution in [0.3, 0.4) is 0 Å². The van der Waals surface area contributed by atoms with E-state index < -0.39 is 12.3 Å². The summed E-state index contributed by atoms with van der Waals surface area (Å²) in [5.74, 6) is 0.699. The van der Waals surface area contributed by atoms with Gasteiger partial charge in [0.2, 0.25) is 5.91 Å². The number of carbonyl (C=O) groups excluding carboxylic acids is 1. The van der Waals surface area contributed by atoms with E-state index in [9.17, 15) is 14.4 Å². The Kier molecular flexibility index (Phi) is 6.14. The maximum atomic E-state index is 14.1. The van der Waals surface area contributed by atoms with Crippen LogP contribution in [-0.2, 0) is 4.79 Å². The third-order valence-corrected chi connectivity index (χ3v) is 6.18. The summed E-state index contributed by atoms with van der Waals surface area (Å²) in [6, 6.07) is 12.7. The van der Waals surface area contributed by atoms with E-state index in [0.29, 0.717) is 41.4 Å². The zero-order chi connectivity index (χ0) is 23.5. The van der Waals surface area contributed by atoms with Crippen LogP contribution in [0.1, 0.15) is 29.9 Å². The Hall–Kier alpha value is -3.90. The van der Waals surface area contributed by atoms with Crippen LogP contribution in [0.2, 0.25) is 0 Å². The highest BCUT2D eigenvalue weighted by molar-refractivity contribution is 5.94. The number of halogens is 1. The van der Waals surface area contributed by atoms with Crippen LogP contribution in [0.15, 0.2) is 55.1 Å². The molecule has 3 aromatic rings. The van der Waals surface area contributed by atoms with Crippen LogP contribution in [-0.4, -0.2) is 46.2 Å². The van der Waals surface area contributed by atoms with E-state index in [1.165, 1.54) is 6.33 Å². The molecule has 1 saturated carbocycles. The number of piperidine rings is 1. The Morgan fingerprint density at radius 2 is 2.18 bits per heavy atom. The van der Waals surface area contributed by atoms with Gasteiger partial charge in [0, 0.05) is 36.5 Å². The van der Waals surface area contributed by atoms with Crippen LogP contribution in [0, 0.1) is 17.2 Å². The van der Waals surface area contributed by atoms with Gasteiger partial charge in [-0.05, 0) is 55.1 Å². The molecule has 2 aromatic heterocycles. The van der Waals surface area contributed by atoms with Gasteiger partial charge in [0.25, 0.3) is 0 Å². The van der Waals surface area contributed by atoms with E-state index in [2.05, 4.69) is 31.7 Å². The smallest absolute Gasteiger partial charge is 0.229 e. The lowest BCUT2D eigenvalue weighted by molar-refractivity contribution is -0.117. The van der Waals surface area contributed by atoms with Crippen molar-refractivity contribution in [2.24, 2.45) is 5.92 Å². The Balaban J connectivity index is 1.28. The molecule has 5 rings (SSSR count). The third-order valence-electron chi connectivity index (χ3n) is 6.18. The number of nitrogens with one attached hydrogen (secondary N) is 2. The fourth-order valence-electron chi connectivity index (χ4n) is 4.22. The van der Waals surface area contributed by atoms with Crippen molar-refractivity contribution in [3.63, 3.8) is 0 Å². The molecule has 3 heterocycles. The number of nitrogens with zero attached hydrogens (tertiary/aromatic N) is 4. The van der Waals surface area contributed by atoms with Crippen molar-refractivity contribution in [3.8, 4) is 23.1 Å². The van der Waals surface area contributed by atoms with Gasteiger partial charge in [0.15, 0.2) is 0 Å². The standard InChI is InChI=1S/C25H23FN6O2/c26-20-13-29-7-5-23(20)34-22-4-3-15(8-17(22)11-27)21-10-24(31-14-30-21)32-25(33)19-9-18(19)16-2-1-6-28-12-16/h1-4,6,8,10,12,14,18-20,23,29H,5,7,9,13H2,(H,30,31,32,33)/t18?,19?,20-,23+/m1/s1. The SMILES string of the molecule is N#Cc1cc(-c2cc(NC(=O)C3CC3c3cccnc3)ncn2)ccc1O[C@H]1CCNC[C@H]1F. The topological polar surface area (TPSA) is 113 Å². The van der Waals surface area contributed by atoms with Gasteiger partial charge in [-0.25, -0.2) is 14.4 Å². The molecule has 2 fully saturated rings. The van der Waals surface area contributed by atoms with Gasteiger partial charge >= 0.3 is 0 Å². The van der Waals surface area contributed by atoms with Gasteiger partial charge in [-0.2, -0.15) is 5.26 Å². The monoisotopic (exact) mass is 458 g/mol. The number of alkyl halides is 1. The molecule has 1 aliphatic heterocycles. The molecule has 0 bridgehead atoms. The molecular weight excluding hydrogens is 435 g/mol. The summed E-state index contributed by atoms with van der Waals surface area (Å²) in [7, 11) is 0. The molecular formula is C25H23FN6O2. The summed E-state index contributed by atoms with van der Waals surface area (Å²) in [4.78, 5) is 25.2. The zero-order valence-corrected chi connectivity index (χ0v) is 18.3. The number of benzene rings is 1. The van der Waals surface area contributed by atoms with Crippen molar-refractivity contribution < 1.29 is 13.9 Å². The Labute approximate surface area is 196 Å². The van der Waals surface area contributed by atoms with Gasteiger partial charge in [-0.15, -0.1) is 0 Å². The first-order valence-corrected chi connectivity index (χ1v) is 11.2. The molecule has 0 spiro atoms. The predicted molar refractivity (Wildman–Crippen MR) is 123 cm³/mol. The van der Waals surface area contributed by atoms with Crippen LogP contribution >= 0.6 is 0 Å². The van der Waals surface area contributed by atoms with Gasteiger partial charge in [0.1, 0.15) is 36.2 Å². The number of rotatable bonds is 6. The molecule has 1 aliphatic carbocycles. The lowest BCUT2D eigenvalue weighted by atomic mass is 10.1. The number of hydrogen-bond donors (Lipinski definition) is 2. The van der Waals surface area contributed by atoms with Crippen LogP contribution in [0.25, 0.3) is 11.3 Å². The lowest BCUT2D eigenvalue weighted by Crippen LogP contribution is -2.44. The van der Waals surface area contributed by atoms with Crippen molar-refractivity contribution >= 4 is 11.7 Å². The number of aromatic nitrogens is 3. The molecule has 9 heteroatoms. The van der Waals surface area contributed by atoms with Crippen molar-refractivity contribution in [1.82, 2.24) is 20.3 Å². The molecule has 8 nitrogen and oxygen atoms in total. The maximum Gasteiger partial charge on any atom is 0.229 e. The Morgan fingerprint density at radius 3 is 2.97 bits per heavy atom. The highest BCUT2D eigenvalue weighted by atomic mass is 19.1. The number of carbonyl (C=O) groups is 1.